The molecule has 3 rings (SSSR count). The van der Waals surface area contributed by atoms with E-state index in [1.54, 1.807) is 24.3 Å². The van der Waals surface area contributed by atoms with Crippen molar-refractivity contribution in [3.05, 3.63) is 64.7 Å². The number of Topliss-reactive ketones (excluding diaryl/α,β-unsaturated/α-hetero) is 1. The molecule has 1 saturated heterocycles. The molecule has 2 aromatic rings. The first-order valence-corrected chi connectivity index (χ1v) is 11.6. The van der Waals surface area contributed by atoms with Crippen molar-refractivity contribution in [2.45, 2.75) is 39.2 Å². The lowest BCUT2D eigenvalue weighted by Crippen LogP contribution is -2.32. The zero-order valence-electron chi connectivity index (χ0n) is 20.5. The van der Waals surface area contributed by atoms with Crippen LogP contribution in [-0.4, -0.2) is 65.5 Å². The first kappa shape index (κ1) is 25.3. The van der Waals surface area contributed by atoms with Gasteiger partial charge in [-0.15, -0.1) is 0 Å². The fourth-order valence-electron chi connectivity index (χ4n) is 4.26. The first-order chi connectivity index (χ1) is 16.1. The predicted molar refractivity (Wildman–Crippen MR) is 132 cm³/mol. The van der Waals surface area contributed by atoms with Gasteiger partial charge in [0.15, 0.2) is 0 Å². The fraction of sp³-hybridized carbons (Fsp3) is 0.407. The number of carbonyl (C=O) groups is 2. The number of phenolic OH excluding ortho intramolecular Hbond substituents is 1. The smallest absolute Gasteiger partial charge is 0.295 e. The minimum Gasteiger partial charge on any atom is -0.508 e. The van der Waals surface area contributed by atoms with Crippen LogP contribution in [0.4, 0.5) is 0 Å². The Kier molecular flexibility index (Phi) is 7.99. The van der Waals surface area contributed by atoms with Crippen molar-refractivity contribution in [1.82, 2.24) is 9.80 Å². The van der Waals surface area contributed by atoms with Gasteiger partial charge in [-0.3, -0.25) is 9.59 Å². The average Bonchev–Trinajstić information content (AvgIpc) is 3.04. The third-order valence-electron chi connectivity index (χ3n) is 5.96. The Balaban J connectivity index is 2.12. The van der Waals surface area contributed by atoms with Crippen molar-refractivity contribution >= 4 is 17.4 Å². The number of aliphatic hydroxyl groups excluding tert-OH is 1. The quantitative estimate of drug-likeness (QED) is 0.326. The molecule has 7 nitrogen and oxygen atoms in total. The van der Waals surface area contributed by atoms with Crippen molar-refractivity contribution in [1.29, 1.82) is 0 Å². The zero-order chi connectivity index (χ0) is 25.0. The van der Waals surface area contributed by atoms with E-state index in [2.05, 4.69) is 0 Å². The Morgan fingerprint density at radius 2 is 1.79 bits per heavy atom. The predicted octanol–water partition coefficient (Wildman–Crippen LogP) is 4.29. The van der Waals surface area contributed by atoms with Crippen LogP contribution in [0, 0.1) is 0 Å². The average molecular weight is 467 g/mol. The first-order valence-electron chi connectivity index (χ1n) is 11.6. The van der Waals surface area contributed by atoms with Crippen LogP contribution in [0.1, 0.15) is 55.8 Å². The molecule has 0 aromatic heterocycles. The highest BCUT2D eigenvalue weighted by atomic mass is 16.5. The summed E-state index contributed by atoms with van der Waals surface area (Å²) in [4.78, 5) is 29.7. The van der Waals surface area contributed by atoms with E-state index in [0.29, 0.717) is 30.7 Å². The SMILES string of the molecule is CCOc1ccc(/C(O)=C2/C(=O)C(=O)N(CCCN(C)C)C2c2ccc(O)cc2)cc1C(C)C. The van der Waals surface area contributed by atoms with E-state index in [4.69, 9.17) is 4.74 Å². The van der Waals surface area contributed by atoms with Crippen molar-refractivity contribution in [3.63, 3.8) is 0 Å². The van der Waals surface area contributed by atoms with Gasteiger partial charge in [0, 0.05) is 12.1 Å². The number of ether oxygens (including phenoxy) is 1. The van der Waals surface area contributed by atoms with E-state index < -0.39 is 17.7 Å². The van der Waals surface area contributed by atoms with Gasteiger partial charge in [0.25, 0.3) is 11.7 Å². The van der Waals surface area contributed by atoms with Crippen LogP contribution in [0.2, 0.25) is 0 Å². The fourth-order valence-corrected chi connectivity index (χ4v) is 4.26. The van der Waals surface area contributed by atoms with Gasteiger partial charge in [0.05, 0.1) is 18.2 Å². The molecule has 1 amide bonds. The van der Waals surface area contributed by atoms with Crippen molar-refractivity contribution in [2.24, 2.45) is 0 Å². The molecule has 1 atom stereocenters. The lowest BCUT2D eigenvalue weighted by Gasteiger charge is -2.26. The summed E-state index contributed by atoms with van der Waals surface area (Å²) in [6, 6.07) is 11.0. The van der Waals surface area contributed by atoms with E-state index in [9.17, 15) is 19.8 Å². The maximum absolute atomic E-state index is 13.2. The van der Waals surface area contributed by atoms with Gasteiger partial charge in [0.1, 0.15) is 17.3 Å². The molecule has 1 aliphatic heterocycles. The molecule has 1 aliphatic rings. The highest BCUT2D eigenvalue weighted by Gasteiger charge is 2.45. The third kappa shape index (κ3) is 5.25. The number of likely N-dealkylation sites (tertiary alicyclic amines) is 1. The Morgan fingerprint density at radius 3 is 2.38 bits per heavy atom. The summed E-state index contributed by atoms with van der Waals surface area (Å²) < 4.78 is 5.72. The molecule has 7 heteroatoms. The number of phenols is 1. The lowest BCUT2D eigenvalue weighted by molar-refractivity contribution is -0.139. The van der Waals surface area contributed by atoms with Gasteiger partial charge in [0.2, 0.25) is 0 Å². The topological polar surface area (TPSA) is 90.3 Å². The Labute approximate surface area is 201 Å². The Hall–Kier alpha value is -3.32. The molecular weight excluding hydrogens is 432 g/mol. The number of aliphatic hydroxyl groups is 1. The van der Waals surface area contributed by atoms with Gasteiger partial charge >= 0.3 is 0 Å². The largest absolute Gasteiger partial charge is 0.508 e. The number of aromatic hydroxyl groups is 1. The number of hydrogen-bond donors (Lipinski definition) is 2. The number of ketones is 1. The van der Waals surface area contributed by atoms with Gasteiger partial charge in [-0.2, -0.15) is 0 Å². The molecule has 0 spiro atoms. The molecule has 2 N–H and O–H groups in total. The van der Waals surface area contributed by atoms with Crippen molar-refractivity contribution in [2.75, 3.05) is 33.8 Å². The standard InChI is InChI=1S/C27H34N2O5/c1-6-34-22-13-10-19(16-21(22)17(2)3)25(31)23-24(18-8-11-20(30)12-9-18)29(27(33)26(23)32)15-7-14-28(4)5/h8-13,16-17,24,30-31H,6-7,14-15H2,1-5H3/b25-23-. The molecule has 2 aromatic carbocycles. The van der Waals surface area contributed by atoms with E-state index in [1.807, 2.05) is 45.8 Å². The Bertz CT molecular complexity index is 1070. The number of nitrogens with zero attached hydrogens (tertiary/aromatic N) is 2. The molecule has 1 unspecified atom stereocenters. The third-order valence-corrected chi connectivity index (χ3v) is 5.96. The van der Waals surface area contributed by atoms with Crippen LogP contribution < -0.4 is 4.74 Å². The minimum absolute atomic E-state index is 0.0550. The molecular formula is C27H34N2O5. The summed E-state index contributed by atoms with van der Waals surface area (Å²) in [5.41, 5.74) is 2.08. The summed E-state index contributed by atoms with van der Waals surface area (Å²) in [5.74, 6) is -0.601. The molecule has 34 heavy (non-hydrogen) atoms. The second-order valence-corrected chi connectivity index (χ2v) is 9.08. The van der Waals surface area contributed by atoms with E-state index in [1.165, 1.54) is 17.0 Å². The van der Waals surface area contributed by atoms with Gasteiger partial charge in [-0.25, -0.2) is 0 Å². The van der Waals surface area contributed by atoms with Gasteiger partial charge in [-0.1, -0.05) is 26.0 Å². The maximum atomic E-state index is 13.2. The maximum Gasteiger partial charge on any atom is 0.295 e. The molecule has 182 valence electrons. The number of hydrogen-bond acceptors (Lipinski definition) is 6. The highest BCUT2D eigenvalue weighted by molar-refractivity contribution is 6.46. The highest BCUT2D eigenvalue weighted by Crippen LogP contribution is 2.40. The van der Waals surface area contributed by atoms with Crippen LogP contribution in [0.25, 0.3) is 5.76 Å². The van der Waals surface area contributed by atoms with Crippen molar-refractivity contribution < 1.29 is 24.5 Å². The zero-order valence-corrected chi connectivity index (χ0v) is 20.5. The van der Waals surface area contributed by atoms with Gasteiger partial charge < -0.3 is 24.7 Å². The van der Waals surface area contributed by atoms with Crippen molar-refractivity contribution in [3.8, 4) is 11.5 Å². The van der Waals surface area contributed by atoms with Crippen LogP contribution in [0.3, 0.4) is 0 Å². The molecule has 1 fully saturated rings. The minimum atomic E-state index is -0.739. The summed E-state index contributed by atoms with van der Waals surface area (Å²) in [6.45, 7) is 7.61. The normalized spacial score (nSPS) is 17.7. The molecule has 0 saturated carbocycles. The monoisotopic (exact) mass is 466 g/mol. The Morgan fingerprint density at radius 1 is 1.12 bits per heavy atom. The summed E-state index contributed by atoms with van der Waals surface area (Å²) in [6.07, 6.45) is 0.676. The summed E-state index contributed by atoms with van der Waals surface area (Å²) >= 11 is 0. The van der Waals surface area contributed by atoms with Crippen LogP contribution in [-0.2, 0) is 9.59 Å². The lowest BCUT2D eigenvalue weighted by atomic mass is 9.93. The summed E-state index contributed by atoms with van der Waals surface area (Å²) in [7, 11) is 3.90. The van der Waals surface area contributed by atoms with Crippen LogP contribution in [0.15, 0.2) is 48.0 Å². The van der Waals surface area contributed by atoms with Crippen LogP contribution >= 0.6 is 0 Å². The van der Waals surface area contributed by atoms with E-state index in [0.717, 1.165) is 17.9 Å². The summed E-state index contributed by atoms with van der Waals surface area (Å²) in [5, 5.41) is 21.1. The van der Waals surface area contributed by atoms with E-state index >= 15 is 0 Å². The number of rotatable bonds is 9. The van der Waals surface area contributed by atoms with Gasteiger partial charge in [-0.05, 0) is 81.4 Å². The number of benzene rings is 2. The van der Waals surface area contributed by atoms with Crippen LogP contribution in [0.5, 0.6) is 11.5 Å². The molecule has 1 heterocycles. The molecule has 0 radical (unpaired) electrons. The molecule has 0 bridgehead atoms. The molecule has 0 aliphatic carbocycles. The number of carbonyl (C=O) groups excluding carboxylic acids is 2. The second kappa shape index (κ2) is 10.7. The van der Waals surface area contributed by atoms with E-state index in [-0.39, 0.29) is 23.0 Å². The second-order valence-electron chi connectivity index (χ2n) is 9.08. The number of amides is 1.